The Morgan fingerprint density at radius 1 is 1.09 bits per heavy atom. The summed E-state index contributed by atoms with van der Waals surface area (Å²) < 4.78 is 27.7. The van der Waals surface area contributed by atoms with E-state index in [0.29, 0.717) is 36.5 Å². The molecule has 0 aromatic heterocycles. The molecule has 4 fully saturated rings. The molecule has 1 heterocycles. The van der Waals surface area contributed by atoms with E-state index in [0.717, 1.165) is 37.0 Å². The molecule has 176 valence electrons. The van der Waals surface area contributed by atoms with Crippen molar-refractivity contribution in [3.63, 3.8) is 0 Å². The summed E-state index contributed by atoms with van der Waals surface area (Å²) in [6.45, 7) is 2.54. The highest BCUT2D eigenvalue weighted by molar-refractivity contribution is 7.89. The molecule has 2 amide bonds. The second-order valence-electron chi connectivity index (χ2n) is 10.6. The van der Waals surface area contributed by atoms with Crippen LogP contribution in [0.25, 0.3) is 0 Å². The lowest BCUT2D eigenvalue weighted by molar-refractivity contribution is 0.173. The molecular formula is C24H34ClN3O3S. The van der Waals surface area contributed by atoms with Crippen molar-refractivity contribution in [2.24, 2.45) is 17.8 Å². The number of halogens is 1. The van der Waals surface area contributed by atoms with Crippen LogP contribution in [0.15, 0.2) is 23.1 Å². The van der Waals surface area contributed by atoms with Crippen molar-refractivity contribution >= 4 is 27.7 Å². The minimum absolute atomic E-state index is 0.00130. The number of nitrogens with zero attached hydrogens (tertiary/aromatic N) is 1. The molecule has 3 bridgehead atoms. The molecule has 8 heteroatoms. The van der Waals surface area contributed by atoms with E-state index in [9.17, 15) is 13.2 Å². The quantitative estimate of drug-likeness (QED) is 0.669. The molecule has 1 aromatic rings. The number of rotatable bonds is 4. The van der Waals surface area contributed by atoms with E-state index in [-0.39, 0.29) is 22.5 Å². The van der Waals surface area contributed by atoms with Gasteiger partial charge in [-0.05, 0) is 80.9 Å². The van der Waals surface area contributed by atoms with E-state index < -0.39 is 10.0 Å². The third kappa shape index (κ3) is 4.16. The highest BCUT2D eigenvalue weighted by atomic mass is 35.5. The Morgan fingerprint density at radius 3 is 2.62 bits per heavy atom. The van der Waals surface area contributed by atoms with Crippen LogP contribution in [0.5, 0.6) is 0 Å². The van der Waals surface area contributed by atoms with E-state index in [1.165, 1.54) is 30.0 Å². The number of urea groups is 1. The number of fused-ring (bicyclic) bond motifs is 2. The minimum Gasteiger partial charge on any atom is -0.335 e. The molecule has 32 heavy (non-hydrogen) atoms. The van der Waals surface area contributed by atoms with Gasteiger partial charge in [-0.25, -0.2) is 13.2 Å². The first kappa shape index (κ1) is 22.5. The minimum atomic E-state index is -3.59. The van der Waals surface area contributed by atoms with Crippen molar-refractivity contribution in [2.75, 3.05) is 13.1 Å². The molecule has 6 nitrogen and oxygen atoms in total. The van der Waals surface area contributed by atoms with Gasteiger partial charge in [-0.15, -0.1) is 0 Å². The van der Waals surface area contributed by atoms with Crippen molar-refractivity contribution in [2.45, 2.75) is 81.2 Å². The van der Waals surface area contributed by atoms with Crippen LogP contribution in [0.4, 0.5) is 4.79 Å². The first-order chi connectivity index (χ1) is 15.3. The largest absolute Gasteiger partial charge is 0.335 e. The molecule has 5 rings (SSSR count). The lowest BCUT2D eigenvalue weighted by Gasteiger charge is -2.39. The Balaban J connectivity index is 1.17. The Hall–Kier alpha value is -1.31. The fourth-order valence-corrected chi connectivity index (χ4v) is 8.96. The Kier molecular flexibility index (Phi) is 5.96. The molecule has 1 saturated heterocycles. The lowest BCUT2D eigenvalue weighted by atomic mass is 9.75. The van der Waals surface area contributed by atoms with Gasteiger partial charge in [0.2, 0.25) is 10.0 Å². The number of carbonyl (C=O) groups is 1. The third-order valence-electron chi connectivity index (χ3n) is 8.48. The van der Waals surface area contributed by atoms with Gasteiger partial charge in [-0.1, -0.05) is 36.9 Å². The Bertz CT molecular complexity index is 988. The van der Waals surface area contributed by atoms with Crippen molar-refractivity contribution in [3.8, 4) is 0 Å². The van der Waals surface area contributed by atoms with Gasteiger partial charge in [0, 0.05) is 29.7 Å². The van der Waals surface area contributed by atoms with Gasteiger partial charge >= 0.3 is 6.03 Å². The van der Waals surface area contributed by atoms with Gasteiger partial charge in [-0.3, -0.25) is 0 Å². The van der Waals surface area contributed by atoms with Crippen LogP contribution in [0.2, 0.25) is 5.02 Å². The first-order valence-electron chi connectivity index (χ1n) is 12.1. The second-order valence-corrected chi connectivity index (χ2v) is 12.9. The third-order valence-corrected chi connectivity index (χ3v) is 10.9. The summed E-state index contributed by atoms with van der Waals surface area (Å²) in [6, 6.07) is 4.92. The van der Waals surface area contributed by atoms with Gasteiger partial charge in [-0.2, -0.15) is 4.31 Å². The fourth-order valence-electron chi connectivity index (χ4n) is 7.02. The van der Waals surface area contributed by atoms with E-state index >= 15 is 0 Å². The standard InChI is InChI=1S/C24H34ClN3O3S/c1-16-21(25)6-3-7-22(16)32(30,31)28-10-8-20(9-11-28)26-23(29)27-24-13-17-4-2-5-18(14-24)19(12-17)15-24/h3,6-7,17-20H,2,4-5,8-15H2,1H3,(H2,26,27,29). The van der Waals surface area contributed by atoms with Crippen LogP contribution >= 0.6 is 11.6 Å². The normalized spacial score (nSPS) is 33.1. The molecule has 3 aliphatic carbocycles. The molecule has 4 unspecified atom stereocenters. The van der Waals surface area contributed by atoms with E-state index in [2.05, 4.69) is 10.6 Å². The molecule has 2 N–H and O–H groups in total. The monoisotopic (exact) mass is 479 g/mol. The van der Waals surface area contributed by atoms with Gasteiger partial charge in [0.25, 0.3) is 0 Å². The summed E-state index contributed by atoms with van der Waals surface area (Å²) >= 11 is 6.14. The maximum atomic E-state index is 13.1. The van der Waals surface area contributed by atoms with Crippen LogP contribution < -0.4 is 10.6 Å². The summed E-state index contributed by atoms with van der Waals surface area (Å²) in [7, 11) is -3.59. The topological polar surface area (TPSA) is 78.5 Å². The number of amides is 2. The summed E-state index contributed by atoms with van der Waals surface area (Å²) in [5.41, 5.74) is 0.567. The fraction of sp³-hybridized carbons (Fsp3) is 0.708. The smallest absolute Gasteiger partial charge is 0.315 e. The first-order valence-corrected chi connectivity index (χ1v) is 13.9. The summed E-state index contributed by atoms with van der Waals surface area (Å²) in [6.07, 6.45) is 9.99. The number of benzene rings is 1. The van der Waals surface area contributed by atoms with E-state index in [1.807, 2.05) is 0 Å². The van der Waals surface area contributed by atoms with Crippen LogP contribution in [-0.2, 0) is 10.0 Å². The summed E-state index contributed by atoms with van der Waals surface area (Å²) in [5, 5.41) is 6.99. The number of hydrogen-bond acceptors (Lipinski definition) is 3. The van der Waals surface area contributed by atoms with Crippen molar-refractivity contribution in [1.29, 1.82) is 0 Å². The maximum absolute atomic E-state index is 13.1. The average Bonchev–Trinajstić information content (AvgIpc) is 2.89. The summed E-state index contributed by atoms with van der Waals surface area (Å²) in [4.78, 5) is 13.2. The van der Waals surface area contributed by atoms with Crippen molar-refractivity contribution in [1.82, 2.24) is 14.9 Å². The predicted molar refractivity (Wildman–Crippen MR) is 125 cm³/mol. The van der Waals surface area contributed by atoms with E-state index in [1.54, 1.807) is 25.1 Å². The molecule has 0 spiro atoms. The van der Waals surface area contributed by atoms with Crippen molar-refractivity contribution in [3.05, 3.63) is 28.8 Å². The number of nitrogens with one attached hydrogen (secondary N) is 2. The summed E-state index contributed by atoms with van der Waals surface area (Å²) in [5.74, 6) is 2.34. The average molecular weight is 480 g/mol. The molecule has 1 aliphatic heterocycles. The Labute approximate surface area is 196 Å². The molecule has 4 atom stereocenters. The zero-order valence-corrected chi connectivity index (χ0v) is 20.4. The predicted octanol–water partition coefficient (Wildman–Crippen LogP) is 4.46. The lowest BCUT2D eigenvalue weighted by Crippen LogP contribution is -2.56. The number of sulfonamides is 1. The van der Waals surface area contributed by atoms with Crippen LogP contribution in [0.3, 0.4) is 0 Å². The SMILES string of the molecule is Cc1c(Cl)cccc1S(=O)(=O)N1CCC(NC(=O)NC23CC4CCCC(C2)C(C4)C3)CC1. The van der Waals surface area contributed by atoms with Gasteiger partial charge in [0.15, 0.2) is 0 Å². The molecule has 0 radical (unpaired) electrons. The highest BCUT2D eigenvalue weighted by Crippen LogP contribution is 2.55. The second kappa shape index (κ2) is 8.48. The number of piperidine rings is 1. The molecule has 3 saturated carbocycles. The molecule has 4 aliphatic rings. The zero-order chi connectivity index (χ0) is 22.5. The van der Waals surface area contributed by atoms with Crippen LogP contribution in [0, 0.1) is 24.7 Å². The Morgan fingerprint density at radius 2 is 1.84 bits per heavy atom. The maximum Gasteiger partial charge on any atom is 0.315 e. The van der Waals surface area contributed by atoms with E-state index in [4.69, 9.17) is 11.6 Å². The highest BCUT2D eigenvalue weighted by Gasteiger charge is 2.52. The van der Waals surface area contributed by atoms with Gasteiger partial charge in [0.1, 0.15) is 0 Å². The number of carbonyl (C=O) groups excluding carboxylic acids is 1. The number of hydrogen-bond donors (Lipinski definition) is 2. The van der Waals surface area contributed by atoms with Crippen LogP contribution in [-0.4, -0.2) is 43.4 Å². The molecule has 1 aromatic carbocycles. The molecular weight excluding hydrogens is 446 g/mol. The van der Waals surface area contributed by atoms with Crippen LogP contribution in [0.1, 0.15) is 63.4 Å². The zero-order valence-electron chi connectivity index (χ0n) is 18.8. The van der Waals surface area contributed by atoms with Crippen molar-refractivity contribution < 1.29 is 13.2 Å². The van der Waals surface area contributed by atoms with Gasteiger partial charge < -0.3 is 10.6 Å². The van der Waals surface area contributed by atoms with Gasteiger partial charge in [0.05, 0.1) is 4.90 Å².